The Morgan fingerprint density at radius 3 is 2.57 bits per heavy atom. The molecule has 3 N–H and O–H groups in total. The van der Waals surface area contributed by atoms with Gasteiger partial charge in [0.05, 0.1) is 17.3 Å². The Morgan fingerprint density at radius 1 is 1.10 bits per heavy atom. The summed E-state index contributed by atoms with van der Waals surface area (Å²) < 4.78 is 0. The quantitative estimate of drug-likeness (QED) is 0.765. The van der Waals surface area contributed by atoms with Gasteiger partial charge in [-0.1, -0.05) is 12.1 Å². The third-order valence-electron chi connectivity index (χ3n) is 2.98. The molecule has 0 saturated carbocycles. The minimum absolute atomic E-state index is 0.565. The van der Waals surface area contributed by atoms with Gasteiger partial charge < -0.3 is 11.1 Å². The maximum atomic E-state index is 8.80. The summed E-state index contributed by atoms with van der Waals surface area (Å²) in [5.41, 5.74) is 10.1. The summed E-state index contributed by atoms with van der Waals surface area (Å²) in [6.45, 7) is 0. The average Bonchev–Trinajstić information content (AvgIpc) is 2.95. The maximum absolute atomic E-state index is 8.80. The molecule has 5 heteroatoms. The fraction of sp³-hybridized carbons (Fsp3) is 0. The SMILES string of the molecule is N#Cc1ccc(Nc2cccc(-c3csc(N)n3)c2)cc1. The summed E-state index contributed by atoms with van der Waals surface area (Å²) in [4.78, 5) is 4.28. The van der Waals surface area contributed by atoms with E-state index in [9.17, 15) is 0 Å². The number of aromatic nitrogens is 1. The predicted molar refractivity (Wildman–Crippen MR) is 86.4 cm³/mol. The number of nitrogen functional groups attached to an aromatic ring is 1. The van der Waals surface area contributed by atoms with Gasteiger partial charge in [0.2, 0.25) is 0 Å². The number of nitrogens with two attached hydrogens (primary N) is 1. The van der Waals surface area contributed by atoms with Crippen molar-refractivity contribution >= 4 is 27.8 Å². The first-order valence-corrected chi connectivity index (χ1v) is 7.21. The molecule has 0 amide bonds. The molecule has 0 aliphatic heterocycles. The average molecular weight is 292 g/mol. The van der Waals surface area contributed by atoms with Gasteiger partial charge in [0.15, 0.2) is 5.13 Å². The van der Waals surface area contributed by atoms with Crippen molar-refractivity contribution in [1.29, 1.82) is 5.26 Å². The van der Waals surface area contributed by atoms with Gasteiger partial charge in [-0.15, -0.1) is 11.3 Å². The molecule has 0 fully saturated rings. The fourth-order valence-electron chi connectivity index (χ4n) is 1.97. The van der Waals surface area contributed by atoms with E-state index in [1.165, 1.54) is 11.3 Å². The molecule has 1 heterocycles. The molecule has 0 saturated heterocycles. The van der Waals surface area contributed by atoms with E-state index >= 15 is 0 Å². The van der Waals surface area contributed by atoms with Crippen LogP contribution in [-0.4, -0.2) is 4.98 Å². The van der Waals surface area contributed by atoms with Gasteiger partial charge in [0.1, 0.15) is 0 Å². The summed E-state index contributed by atoms with van der Waals surface area (Å²) in [5, 5.41) is 14.6. The summed E-state index contributed by atoms with van der Waals surface area (Å²) in [7, 11) is 0. The summed E-state index contributed by atoms with van der Waals surface area (Å²) in [6, 6.07) is 17.4. The summed E-state index contributed by atoms with van der Waals surface area (Å²) in [6.07, 6.45) is 0. The number of hydrogen-bond donors (Lipinski definition) is 2. The second kappa shape index (κ2) is 5.65. The smallest absolute Gasteiger partial charge is 0.180 e. The van der Waals surface area contributed by atoms with Crippen molar-refractivity contribution in [3.63, 3.8) is 0 Å². The molecule has 1 aromatic heterocycles. The van der Waals surface area contributed by atoms with E-state index in [0.717, 1.165) is 22.6 Å². The Labute approximate surface area is 126 Å². The summed E-state index contributed by atoms with van der Waals surface area (Å²) in [5.74, 6) is 0. The van der Waals surface area contributed by atoms with Gasteiger partial charge in [-0.25, -0.2) is 4.98 Å². The first-order chi connectivity index (χ1) is 10.2. The Balaban J connectivity index is 1.84. The standard InChI is InChI=1S/C16H12N4S/c17-9-11-4-6-13(7-5-11)19-14-3-1-2-12(8-14)15-10-21-16(18)20-15/h1-8,10,19H,(H2,18,20). The van der Waals surface area contributed by atoms with Gasteiger partial charge in [0.25, 0.3) is 0 Å². The molecule has 2 aromatic carbocycles. The number of anilines is 3. The van der Waals surface area contributed by atoms with Crippen molar-refractivity contribution in [2.75, 3.05) is 11.1 Å². The number of nitrogens with zero attached hydrogens (tertiary/aromatic N) is 2. The topological polar surface area (TPSA) is 74.7 Å². The minimum Gasteiger partial charge on any atom is -0.375 e. The first-order valence-electron chi connectivity index (χ1n) is 6.33. The second-order valence-corrected chi connectivity index (χ2v) is 5.36. The van der Waals surface area contributed by atoms with Crippen LogP contribution in [0.3, 0.4) is 0 Å². The number of nitrogens with one attached hydrogen (secondary N) is 1. The van der Waals surface area contributed by atoms with Crippen molar-refractivity contribution in [3.05, 3.63) is 59.5 Å². The zero-order valence-corrected chi connectivity index (χ0v) is 11.9. The zero-order valence-electron chi connectivity index (χ0n) is 11.1. The van der Waals surface area contributed by atoms with E-state index in [0.29, 0.717) is 10.7 Å². The van der Waals surface area contributed by atoms with Crippen LogP contribution in [0.2, 0.25) is 0 Å². The van der Waals surface area contributed by atoms with Crippen molar-refractivity contribution in [2.45, 2.75) is 0 Å². The lowest BCUT2D eigenvalue weighted by molar-refractivity contribution is 1.41. The van der Waals surface area contributed by atoms with Gasteiger partial charge in [0, 0.05) is 22.3 Å². The molecule has 0 spiro atoms. The normalized spacial score (nSPS) is 10.0. The molecule has 0 radical (unpaired) electrons. The van der Waals surface area contributed by atoms with Crippen molar-refractivity contribution in [3.8, 4) is 17.3 Å². The van der Waals surface area contributed by atoms with Crippen LogP contribution in [0.25, 0.3) is 11.3 Å². The van der Waals surface area contributed by atoms with Crippen LogP contribution in [-0.2, 0) is 0 Å². The van der Waals surface area contributed by atoms with Gasteiger partial charge in [-0.3, -0.25) is 0 Å². The van der Waals surface area contributed by atoms with Crippen LogP contribution >= 0.6 is 11.3 Å². The van der Waals surface area contributed by atoms with Crippen LogP contribution in [0.1, 0.15) is 5.56 Å². The van der Waals surface area contributed by atoms with Gasteiger partial charge in [-0.05, 0) is 36.4 Å². The lowest BCUT2D eigenvalue weighted by atomic mass is 10.1. The van der Waals surface area contributed by atoms with E-state index in [1.54, 1.807) is 12.1 Å². The van der Waals surface area contributed by atoms with Crippen LogP contribution < -0.4 is 11.1 Å². The van der Waals surface area contributed by atoms with E-state index < -0.39 is 0 Å². The largest absolute Gasteiger partial charge is 0.375 e. The van der Waals surface area contributed by atoms with Crippen LogP contribution in [0, 0.1) is 11.3 Å². The molecule has 21 heavy (non-hydrogen) atoms. The van der Waals surface area contributed by atoms with Crippen LogP contribution in [0.4, 0.5) is 16.5 Å². The number of nitriles is 1. The maximum Gasteiger partial charge on any atom is 0.180 e. The lowest BCUT2D eigenvalue weighted by Crippen LogP contribution is -1.91. The molecule has 4 nitrogen and oxygen atoms in total. The zero-order chi connectivity index (χ0) is 14.7. The van der Waals surface area contributed by atoms with E-state index in [1.807, 2.05) is 41.8 Å². The van der Waals surface area contributed by atoms with E-state index in [-0.39, 0.29) is 0 Å². The molecular weight excluding hydrogens is 280 g/mol. The molecular formula is C16H12N4S. The molecule has 102 valence electrons. The third kappa shape index (κ3) is 3.02. The van der Waals surface area contributed by atoms with Gasteiger partial charge >= 0.3 is 0 Å². The van der Waals surface area contributed by atoms with Crippen molar-refractivity contribution in [2.24, 2.45) is 0 Å². The molecule has 3 rings (SSSR count). The highest BCUT2D eigenvalue weighted by Crippen LogP contribution is 2.26. The lowest BCUT2D eigenvalue weighted by Gasteiger charge is -2.07. The van der Waals surface area contributed by atoms with Crippen LogP contribution in [0.5, 0.6) is 0 Å². The Morgan fingerprint density at radius 2 is 1.90 bits per heavy atom. The third-order valence-corrected chi connectivity index (χ3v) is 3.66. The highest BCUT2D eigenvalue weighted by Gasteiger charge is 2.03. The Kier molecular flexibility index (Phi) is 3.54. The molecule has 0 aliphatic rings. The van der Waals surface area contributed by atoms with Crippen molar-refractivity contribution in [1.82, 2.24) is 4.98 Å². The molecule has 0 unspecified atom stereocenters. The number of hydrogen-bond acceptors (Lipinski definition) is 5. The number of rotatable bonds is 3. The monoisotopic (exact) mass is 292 g/mol. The van der Waals surface area contributed by atoms with Crippen molar-refractivity contribution < 1.29 is 0 Å². The van der Waals surface area contributed by atoms with Crippen LogP contribution in [0.15, 0.2) is 53.9 Å². The summed E-state index contributed by atoms with van der Waals surface area (Å²) >= 11 is 1.43. The molecule has 0 bridgehead atoms. The molecule has 0 atom stereocenters. The highest BCUT2D eigenvalue weighted by atomic mass is 32.1. The van der Waals surface area contributed by atoms with E-state index in [2.05, 4.69) is 16.4 Å². The molecule has 3 aromatic rings. The molecule has 0 aliphatic carbocycles. The Bertz CT molecular complexity index is 800. The minimum atomic E-state index is 0.565. The van der Waals surface area contributed by atoms with E-state index in [4.69, 9.17) is 11.0 Å². The fourth-order valence-corrected chi connectivity index (χ4v) is 2.54. The number of thiazole rings is 1. The first kappa shape index (κ1) is 13.2. The van der Waals surface area contributed by atoms with Gasteiger partial charge in [-0.2, -0.15) is 5.26 Å². The highest BCUT2D eigenvalue weighted by molar-refractivity contribution is 7.13. The number of benzene rings is 2. The Hall–Kier alpha value is -2.84. The second-order valence-electron chi connectivity index (χ2n) is 4.47. The predicted octanol–water partition coefficient (Wildman–Crippen LogP) is 4.01.